The molecule has 0 heterocycles. The maximum absolute atomic E-state index is 11.6. The second-order valence-electron chi connectivity index (χ2n) is 8.80. The molecule has 0 fully saturated rings. The quantitative estimate of drug-likeness (QED) is 0.151. The monoisotopic (exact) mass is 542 g/mol. The Morgan fingerprint density at radius 1 is 0.818 bits per heavy atom. The standard InChI is InChI=1S/C20H40O8P2.3Na.3H/c1-16(2)9-6-10-17(3)11-7-12-18(4)13-8-14-19(5)15-20(21)27-30(25,26)28-29(22,23)24;;;;;;/h15-18H,6-14H2,1-5H3,(H,25,26)(H2,22,23,24);;;;;;/b19-15+;;;;;;/t17-,18-;;;;;;/m1....../s1. The second-order valence-corrected chi connectivity index (χ2v) is 11.6. The molecular formula is C20H43Na3O8P2. The second kappa shape index (κ2) is 22.5. The summed E-state index contributed by atoms with van der Waals surface area (Å²) in [6.07, 6.45) is 11.1. The Kier molecular flexibility index (Phi) is 29.0. The van der Waals surface area contributed by atoms with Crippen LogP contribution >= 0.6 is 15.6 Å². The van der Waals surface area contributed by atoms with E-state index in [4.69, 9.17) is 14.7 Å². The molecule has 0 radical (unpaired) electrons. The zero-order valence-electron chi connectivity index (χ0n) is 19.0. The summed E-state index contributed by atoms with van der Waals surface area (Å²) < 4.78 is 29.6. The summed E-state index contributed by atoms with van der Waals surface area (Å²) in [6.45, 7) is 10.8. The molecule has 13 heteroatoms. The maximum atomic E-state index is 11.6. The molecule has 0 aliphatic rings. The Morgan fingerprint density at radius 2 is 1.24 bits per heavy atom. The van der Waals surface area contributed by atoms with E-state index in [9.17, 15) is 13.9 Å². The van der Waals surface area contributed by atoms with Crippen molar-refractivity contribution < 1.29 is 37.4 Å². The van der Waals surface area contributed by atoms with Gasteiger partial charge in [0.1, 0.15) is 0 Å². The third-order valence-corrected chi connectivity index (χ3v) is 7.01. The molecule has 0 amide bonds. The van der Waals surface area contributed by atoms with Crippen molar-refractivity contribution in [2.75, 3.05) is 0 Å². The van der Waals surface area contributed by atoms with Crippen LogP contribution < -0.4 is 0 Å². The minimum absolute atomic E-state index is 0. The van der Waals surface area contributed by atoms with Gasteiger partial charge in [-0.15, -0.1) is 0 Å². The molecule has 184 valence electrons. The van der Waals surface area contributed by atoms with Crippen LogP contribution in [0.5, 0.6) is 0 Å². The average molecular weight is 542 g/mol. The molecule has 0 rings (SSSR count). The van der Waals surface area contributed by atoms with Crippen molar-refractivity contribution in [2.45, 2.75) is 92.4 Å². The molecule has 0 aromatic carbocycles. The van der Waals surface area contributed by atoms with Crippen LogP contribution in [0.1, 0.15) is 92.4 Å². The van der Waals surface area contributed by atoms with E-state index < -0.39 is 21.6 Å². The summed E-state index contributed by atoms with van der Waals surface area (Å²) >= 11 is 0. The predicted molar refractivity (Wildman–Crippen MR) is 139 cm³/mol. The van der Waals surface area contributed by atoms with Gasteiger partial charge in [-0.2, -0.15) is 4.31 Å². The molecule has 8 nitrogen and oxygen atoms in total. The Morgan fingerprint density at radius 3 is 1.67 bits per heavy atom. The minimum atomic E-state index is -5.24. The van der Waals surface area contributed by atoms with E-state index in [1.807, 2.05) is 0 Å². The van der Waals surface area contributed by atoms with E-state index in [-0.39, 0.29) is 88.7 Å². The summed E-state index contributed by atoms with van der Waals surface area (Å²) in [5.41, 5.74) is 0.655. The summed E-state index contributed by atoms with van der Waals surface area (Å²) in [5.74, 6) is 0.954. The number of hydrogen-bond donors (Lipinski definition) is 3. The van der Waals surface area contributed by atoms with E-state index >= 15 is 0 Å². The molecule has 0 saturated heterocycles. The summed E-state index contributed by atoms with van der Waals surface area (Å²) in [6, 6.07) is 0. The third kappa shape index (κ3) is 28.9. The van der Waals surface area contributed by atoms with E-state index in [2.05, 4.69) is 36.5 Å². The van der Waals surface area contributed by atoms with Crippen LogP contribution in [0.4, 0.5) is 0 Å². The first-order valence-corrected chi connectivity index (χ1v) is 13.7. The fourth-order valence-electron chi connectivity index (χ4n) is 3.27. The number of carbonyl (C=O) groups excluding carboxylic acids is 1. The molecule has 0 saturated carbocycles. The zero-order valence-corrected chi connectivity index (χ0v) is 20.7. The average Bonchev–Trinajstić information content (AvgIpc) is 2.51. The molecule has 0 spiro atoms. The fraction of sp³-hybridized carbons (Fsp3) is 0.850. The molecule has 3 atom stereocenters. The van der Waals surface area contributed by atoms with Crippen LogP contribution in [0.15, 0.2) is 11.6 Å². The molecule has 1 unspecified atom stereocenters. The first-order valence-electron chi connectivity index (χ1n) is 10.7. The fourth-order valence-corrected chi connectivity index (χ4v) is 4.76. The number of carbonyl (C=O) groups is 1. The Bertz CT molecular complexity index is 641. The van der Waals surface area contributed by atoms with Gasteiger partial charge in [-0.1, -0.05) is 78.2 Å². The molecule has 0 aliphatic heterocycles. The molecule has 0 bridgehead atoms. The van der Waals surface area contributed by atoms with Gasteiger partial charge in [0.05, 0.1) is 0 Å². The van der Waals surface area contributed by atoms with Gasteiger partial charge in [-0.05, 0) is 37.5 Å². The van der Waals surface area contributed by atoms with Crippen LogP contribution in [-0.4, -0.2) is 109 Å². The molecule has 0 aromatic heterocycles. The van der Waals surface area contributed by atoms with Gasteiger partial charge in [0.15, 0.2) is 0 Å². The first kappa shape index (κ1) is 42.6. The summed E-state index contributed by atoms with van der Waals surface area (Å²) in [5, 5.41) is 0. The number of rotatable bonds is 16. The van der Waals surface area contributed by atoms with Gasteiger partial charge in [0, 0.05) is 6.08 Å². The predicted octanol–water partition coefficient (Wildman–Crippen LogP) is 4.18. The van der Waals surface area contributed by atoms with Crippen molar-refractivity contribution in [3.63, 3.8) is 0 Å². The van der Waals surface area contributed by atoms with Crippen LogP contribution in [-0.2, 0) is 22.8 Å². The molecule has 0 aromatic rings. The van der Waals surface area contributed by atoms with Gasteiger partial charge in [0.25, 0.3) is 0 Å². The van der Waals surface area contributed by atoms with Crippen LogP contribution in [0.3, 0.4) is 0 Å². The van der Waals surface area contributed by atoms with Gasteiger partial charge in [-0.25, -0.2) is 13.9 Å². The number of phosphoric acid groups is 2. The first-order chi connectivity index (χ1) is 13.7. The Balaban J connectivity index is -0.00000140. The third-order valence-electron chi connectivity index (χ3n) is 4.92. The Hall–Kier alpha value is 2.51. The number of allylic oxidation sites excluding steroid dienone is 1. The molecule has 33 heavy (non-hydrogen) atoms. The normalized spacial score (nSPS) is 15.4. The van der Waals surface area contributed by atoms with Crippen LogP contribution in [0.2, 0.25) is 0 Å². The number of phosphoric ester groups is 1. The summed E-state index contributed by atoms with van der Waals surface area (Å²) in [7, 11) is -10.4. The molecule has 0 aliphatic carbocycles. The Labute approximate surface area is 266 Å². The van der Waals surface area contributed by atoms with Gasteiger partial charge < -0.3 is 14.3 Å². The number of hydrogen-bond acceptors (Lipinski definition) is 5. The van der Waals surface area contributed by atoms with E-state index in [0.717, 1.165) is 30.8 Å². The van der Waals surface area contributed by atoms with E-state index in [1.165, 1.54) is 38.5 Å². The SMILES string of the molecule is C/C(=C\C(=O)OP(=O)(O)OP(=O)(O)O)CCC[C@H](C)CCC[C@H](C)CCCC(C)C.[NaH].[NaH].[NaH]. The van der Waals surface area contributed by atoms with Crippen molar-refractivity contribution in [2.24, 2.45) is 17.8 Å². The van der Waals surface area contributed by atoms with Crippen LogP contribution in [0, 0.1) is 17.8 Å². The van der Waals surface area contributed by atoms with Crippen LogP contribution in [0.25, 0.3) is 0 Å². The molecule has 3 N–H and O–H groups in total. The van der Waals surface area contributed by atoms with Crippen molar-refractivity contribution in [1.82, 2.24) is 0 Å². The van der Waals surface area contributed by atoms with Crippen molar-refractivity contribution in [1.29, 1.82) is 0 Å². The van der Waals surface area contributed by atoms with Crippen molar-refractivity contribution in [3.05, 3.63) is 11.6 Å². The van der Waals surface area contributed by atoms with Crippen molar-refractivity contribution >= 4 is 110 Å². The zero-order chi connectivity index (χ0) is 23.4. The van der Waals surface area contributed by atoms with E-state index in [1.54, 1.807) is 6.92 Å². The molecular weight excluding hydrogens is 499 g/mol. The van der Waals surface area contributed by atoms with Gasteiger partial charge >= 0.3 is 110 Å². The topological polar surface area (TPSA) is 130 Å². The summed E-state index contributed by atoms with van der Waals surface area (Å²) in [4.78, 5) is 37.8. The van der Waals surface area contributed by atoms with E-state index in [0.29, 0.717) is 17.9 Å². The van der Waals surface area contributed by atoms with Gasteiger partial charge in [0.2, 0.25) is 0 Å². The van der Waals surface area contributed by atoms with Crippen molar-refractivity contribution in [3.8, 4) is 0 Å². The van der Waals surface area contributed by atoms with Gasteiger partial charge in [-0.3, -0.25) is 4.89 Å².